The number of anilines is 1. The number of hydrogen-bond acceptors (Lipinski definition) is 4. The van der Waals surface area contributed by atoms with Crippen molar-refractivity contribution in [2.24, 2.45) is 5.92 Å². The first kappa shape index (κ1) is 23.0. The molecule has 0 radical (unpaired) electrons. The Balaban J connectivity index is 1.40. The third kappa shape index (κ3) is 5.26. The standard InChI is InChI=1S/C26H28N2O4S/c1-19-12-13-23(18-20(19)2)33(30,31)28-16-14-21(15-17-28)26(29)27-24-10-6-7-11-25(24)32-22-8-4-3-5-9-22/h3-13,18,21H,14-17H2,1-2H3,(H,27,29). The Hall–Kier alpha value is -3.16. The number of nitrogens with one attached hydrogen (secondary N) is 1. The number of carbonyl (C=O) groups excluding carboxylic acids is 1. The van der Waals surface area contributed by atoms with Gasteiger partial charge >= 0.3 is 0 Å². The second-order valence-electron chi connectivity index (χ2n) is 8.32. The Morgan fingerprint density at radius 3 is 2.27 bits per heavy atom. The average molecular weight is 465 g/mol. The van der Waals surface area contributed by atoms with Gasteiger partial charge < -0.3 is 10.1 Å². The molecule has 1 aliphatic rings. The van der Waals surface area contributed by atoms with Crippen LogP contribution in [0.5, 0.6) is 11.5 Å². The van der Waals surface area contributed by atoms with Crippen LogP contribution >= 0.6 is 0 Å². The molecule has 0 spiro atoms. The van der Waals surface area contributed by atoms with E-state index in [1.165, 1.54) is 4.31 Å². The maximum atomic E-state index is 13.0. The molecular weight excluding hydrogens is 436 g/mol. The number of piperidine rings is 1. The molecule has 172 valence electrons. The largest absolute Gasteiger partial charge is 0.455 e. The summed E-state index contributed by atoms with van der Waals surface area (Å²) in [4.78, 5) is 13.3. The summed E-state index contributed by atoms with van der Waals surface area (Å²) in [5, 5.41) is 2.97. The molecule has 7 heteroatoms. The van der Waals surface area contributed by atoms with Gasteiger partial charge in [-0.05, 0) is 74.2 Å². The predicted molar refractivity (Wildman–Crippen MR) is 129 cm³/mol. The fourth-order valence-corrected chi connectivity index (χ4v) is 5.45. The van der Waals surface area contributed by atoms with Crippen LogP contribution < -0.4 is 10.1 Å². The number of sulfonamides is 1. The SMILES string of the molecule is Cc1ccc(S(=O)(=O)N2CCC(C(=O)Nc3ccccc3Oc3ccccc3)CC2)cc1C. The van der Waals surface area contributed by atoms with Crippen molar-refractivity contribution in [3.05, 3.63) is 83.9 Å². The lowest BCUT2D eigenvalue weighted by Gasteiger charge is -2.30. The molecule has 4 rings (SSSR count). The summed E-state index contributed by atoms with van der Waals surface area (Å²) < 4.78 is 33.5. The molecular formula is C26H28N2O4S. The normalized spacial score (nSPS) is 15.2. The van der Waals surface area contributed by atoms with Crippen molar-refractivity contribution in [2.45, 2.75) is 31.6 Å². The van der Waals surface area contributed by atoms with E-state index in [1.54, 1.807) is 24.3 Å². The molecule has 1 N–H and O–H groups in total. The van der Waals surface area contributed by atoms with Crippen molar-refractivity contribution in [1.82, 2.24) is 4.31 Å². The molecule has 6 nitrogen and oxygen atoms in total. The van der Waals surface area contributed by atoms with Crippen LogP contribution in [0.2, 0.25) is 0 Å². The van der Waals surface area contributed by atoms with Crippen LogP contribution in [0.3, 0.4) is 0 Å². The average Bonchev–Trinajstić information content (AvgIpc) is 2.83. The maximum absolute atomic E-state index is 13.0. The minimum absolute atomic E-state index is 0.123. The molecule has 1 fully saturated rings. The molecule has 0 saturated carbocycles. The van der Waals surface area contributed by atoms with Crippen LogP contribution in [0.4, 0.5) is 5.69 Å². The highest BCUT2D eigenvalue weighted by Crippen LogP contribution is 2.31. The number of para-hydroxylation sites is 3. The molecule has 1 aliphatic heterocycles. The third-order valence-corrected chi connectivity index (χ3v) is 7.95. The first-order chi connectivity index (χ1) is 15.8. The molecule has 1 heterocycles. The van der Waals surface area contributed by atoms with E-state index < -0.39 is 10.0 Å². The van der Waals surface area contributed by atoms with Crippen molar-refractivity contribution >= 4 is 21.6 Å². The van der Waals surface area contributed by atoms with E-state index >= 15 is 0 Å². The molecule has 0 atom stereocenters. The first-order valence-corrected chi connectivity index (χ1v) is 12.5. The monoisotopic (exact) mass is 464 g/mol. The minimum Gasteiger partial charge on any atom is -0.455 e. The molecule has 3 aromatic carbocycles. The third-order valence-electron chi connectivity index (χ3n) is 6.06. The minimum atomic E-state index is -3.57. The van der Waals surface area contributed by atoms with E-state index in [4.69, 9.17) is 4.74 Å². The van der Waals surface area contributed by atoms with E-state index in [1.807, 2.05) is 62.4 Å². The molecule has 0 aromatic heterocycles. The second kappa shape index (κ2) is 9.77. The quantitative estimate of drug-likeness (QED) is 0.548. The van der Waals surface area contributed by atoms with Gasteiger partial charge in [0, 0.05) is 19.0 Å². The van der Waals surface area contributed by atoms with E-state index in [-0.39, 0.29) is 11.8 Å². The van der Waals surface area contributed by atoms with Gasteiger partial charge in [0.05, 0.1) is 10.6 Å². The summed E-state index contributed by atoms with van der Waals surface area (Å²) in [7, 11) is -3.57. The smallest absolute Gasteiger partial charge is 0.243 e. The summed E-state index contributed by atoms with van der Waals surface area (Å²) in [5.41, 5.74) is 2.60. The van der Waals surface area contributed by atoms with E-state index in [9.17, 15) is 13.2 Å². The molecule has 33 heavy (non-hydrogen) atoms. The van der Waals surface area contributed by atoms with Gasteiger partial charge in [-0.25, -0.2) is 8.42 Å². The van der Waals surface area contributed by atoms with Crippen LogP contribution in [0.25, 0.3) is 0 Å². The van der Waals surface area contributed by atoms with Crippen molar-refractivity contribution in [1.29, 1.82) is 0 Å². The topological polar surface area (TPSA) is 75.7 Å². The highest BCUT2D eigenvalue weighted by Gasteiger charge is 2.32. The van der Waals surface area contributed by atoms with Crippen LogP contribution in [0, 0.1) is 19.8 Å². The van der Waals surface area contributed by atoms with Crippen molar-refractivity contribution in [2.75, 3.05) is 18.4 Å². The molecule has 1 saturated heterocycles. The van der Waals surface area contributed by atoms with Crippen molar-refractivity contribution in [3.8, 4) is 11.5 Å². The highest BCUT2D eigenvalue weighted by atomic mass is 32.2. The number of aryl methyl sites for hydroxylation is 2. The lowest BCUT2D eigenvalue weighted by atomic mass is 9.97. The van der Waals surface area contributed by atoms with Gasteiger partial charge in [-0.2, -0.15) is 4.31 Å². The van der Waals surface area contributed by atoms with Gasteiger partial charge in [-0.15, -0.1) is 0 Å². The van der Waals surface area contributed by atoms with Crippen molar-refractivity contribution < 1.29 is 17.9 Å². The summed E-state index contributed by atoms with van der Waals surface area (Å²) in [5.74, 6) is 0.860. The van der Waals surface area contributed by atoms with Gasteiger partial charge in [-0.3, -0.25) is 4.79 Å². The Bertz CT molecular complexity index is 1230. The fourth-order valence-electron chi connectivity index (χ4n) is 3.89. The zero-order chi connectivity index (χ0) is 23.4. The lowest BCUT2D eigenvalue weighted by molar-refractivity contribution is -0.120. The number of ether oxygens (including phenoxy) is 1. The first-order valence-electron chi connectivity index (χ1n) is 11.0. The maximum Gasteiger partial charge on any atom is 0.243 e. The molecule has 1 amide bonds. The highest BCUT2D eigenvalue weighted by molar-refractivity contribution is 7.89. The number of hydrogen-bond donors (Lipinski definition) is 1. The van der Waals surface area contributed by atoms with Gasteiger partial charge in [0.15, 0.2) is 5.75 Å². The molecule has 0 aliphatic carbocycles. The van der Waals surface area contributed by atoms with Gasteiger partial charge in [0.1, 0.15) is 5.75 Å². The number of nitrogens with zero attached hydrogens (tertiary/aromatic N) is 1. The van der Waals surface area contributed by atoms with Gasteiger partial charge in [0.25, 0.3) is 0 Å². The Morgan fingerprint density at radius 2 is 1.58 bits per heavy atom. The lowest BCUT2D eigenvalue weighted by Crippen LogP contribution is -2.41. The summed E-state index contributed by atoms with van der Waals surface area (Å²) in [6.45, 7) is 4.49. The van der Waals surface area contributed by atoms with Crippen LogP contribution in [-0.2, 0) is 14.8 Å². The summed E-state index contributed by atoms with van der Waals surface area (Å²) >= 11 is 0. The molecule has 0 unspecified atom stereocenters. The Morgan fingerprint density at radius 1 is 0.909 bits per heavy atom. The zero-order valence-corrected chi connectivity index (χ0v) is 19.6. The summed E-state index contributed by atoms with van der Waals surface area (Å²) in [6, 6.07) is 21.9. The van der Waals surface area contributed by atoms with Gasteiger partial charge in [-0.1, -0.05) is 36.4 Å². The summed E-state index contributed by atoms with van der Waals surface area (Å²) in [6.07, 6.45) is 0.940. The van der Waals surface area contributed by atoms with Crippen LogP contribution in [0.15, 0.2) is 77.7 Å². The van der Waals surface area contributed by atoms with Gasteiger partial charge in [0.2, 0.25) is 15.9 Å². The number of carbonyl (C=O) groups is 1. The Labute approximate surface area is 195 Å². The van der Waals surface area contributed by atoms with Crippen molar-refractivity contribution in [3.63, 3.8) is 0 Å². The molecule has 3 aromatic rings. The van der Waals surface area contributed by atoms with Crippen LogP contribution in [-0.4, -0.2) is 31.7 Å². The van der Waals surface area contributed by atoms with E-state index in [0.717, 1.165) is 11.1 Å². The van der Waals surface area contributed by atoms with Crippen LogP contribution in [0.1, 0.15) is 24.0 Å². The number of benzene rings is 3. The fraction of sp³-hybridized carbons (Fsp3) is 0.269. The van der Waals surface area contributed by atoms with E-state index in [0.29, 0.717) is 48.0 Å². The number of amides is 1. The molecule has 0 bridgehead atoms. The van der Waals surface area contributed by atoms with E-state index in [2.05, 4.69) is 5.32 Å². The zero-order valence-electron chi connectivity index (χ0n) is 18.8. The Kier molecular flexibility index (Phi) is 6.81. The second-order valence-corrected chi connectivity index (χ2v) is 10.3. The predicted octanol–water partition coefficient (Wildman–Crippen LogP) is 5.14. The number of rotatable bonds is 6.